The predicted molar refractivity (Wildman–Crippen MR) is 111 cm³/mol. The lowest BCUT2D eigenvalue weighted by atomic mass is 9.95. The molecule has 4 nitrogen and oxygen atoms in total. The molecule has 0 amide bonds. The lowest BCUT2D eigenvalue weighted by Crippen LogP contribution is -2.01. The van der Waals surface area contributed by atoms with Gasteiger partial charge < -0.3 is 4.74 Å². The Morgan fingerprint density at radius 1 is 1.04 bits per heavy atom. The maximum atomic E-state index is 11.8. The molecule has 2 fully saturated rings. The molecular formula is C23H27NO3S. The maximum absolute atomic E-state index is 11.8. The average molecular weight is 398 g/mol. The number of hydrogen-bond acceptors (Lipinski definition) is 4. The van der Waals surface area contributed by atoms with E-state index >= 15 is 0 Å². The van der Waals surface area contributed by atoms with Gasteiger partial charge in [0.1, 0.15) is 0 Å². The van der Waals surface area contributed by atoms with E-state index in [0.717, 1.165) is 16.8 Å². The van der Waals surface area contributed by atoms with Gasteiger partial charge in [0.2, 0.25) is 5.88 Å². The highest BCUT2D eigenvalue weighted by atomic mass is 32.2. The highest BCUT2D eigenvalue weighted by Crippen LogP contribution is 2.44. The van der Waals surface area contributed by atoms with Gasteiger partial charge in [-0.15, -0.1) is 0 Å². The number of ether oxygens (including phenoxy) is 1. The van der Waals surface area contributed by atoms with Crippen molar-refractivity contribution < 1.29 is 13.2 Å². The lowest BCUT2D eigenvalue weighted by molar-refractivity contribution is 0.392. The second-order valence-electron chi connectivity index (χ2n) is 7.99. The summed E-state index contributed by atoms with van der Waals surface area (Å²) in [5, 5.41) is 0. The highest BCUT2D eigenvalue weighted by Gasteiger charge is 2.28. The van der Waals surface area contributed by atoms with Gasteiger partial charge in [-0.1, -0.05) is 37.1 Å². The van der Waals surface area contributed by atoms with Crippen molar-refractivity contribution in [2.75, 3.05) is 13.4 Å². The minimum atomic E-state index is -3.21. The molecule has 2 saturated carbocycles. The van der Waals surface area contributed by atoms with Crippen molar-refractivity contribution in [2.24, 2.45) is 5.92 Å². The van der Waals surface area contributed by atoms with Crippen molar-refractivity contribution in [1.82, 2.24) is 4.98 Å². The van der Waals surface area contributed by atoms with Crippen LogP contribution in [0.5, 0.6) is 5.88 Å². The Hall–Kier alpha value is -2.14. The van der Waals surface area contributed by atoms with Gasteiger partial charge in [-0.05, 0) is 61.3 Å². The number of benzene rings is 1. The Bertz CT molecular complexity index is 983. The Balaban J connectivity index is 1.76. The number of pyridine rings is 1. The third-order valence-electron chi connectivity index (χ3n) is 5.77. The fourth-order valence-corrected chi connectivity index (χ4v) is 4.67. The van der Waals surface area contributed by atoms with E-state index in [0.29, 0.717) is 22.6 Å². The molecule has 0 radical (unpaired) electrons. The summed E-state index contributed by atoms with van der Waals surface area (Å²) < 4.78 is 29.2. The van der Waals surface area contributed by atoms with Crippen molar-refractivity contribution >= 4 is 15.4 Å². The minimum Gasteiger partial charge on any atom is -0.481 e. The van der Waals surface area contributed by atoms with Crippen molar-refractivity contribution in [3.63, 3.8) is 0 Å². The van der Waals surface area contributed by atoms with E-state index in [1.165, 1.54) is 50.3 Å². The standard InChI is InChI=1S/C23H27NO3S/c1-27-23-20(17-7-8-17)13-14-22(24-23)21(15-16-5-3-4-6-16)18-9-11-19(12-10-18)28(2,25)26/h9-17H,3-8H2,1-2H3/b21-15+. The topological polar surface area (TPSA) is 56.3 Å². The fourth-order valence-electron chi connectivity index (χ4n) is 4.04. The number of aromatic nitrogens is 1. The smallest absolute Gasteiger partial charge is 0.217 e. The first-order valence-electron chi connectivity index (χ1n) is 10.0. The summed E-state index contributed by atoms with van der Waals surface area (Å²) in [5.74, 6) is 1.83. The van der Waals surface area contributed by atoms with Gasteiger partial charge >= 0.3 is 0 Å². The molecule has 148 valence electrons. The quantitative estimate of drug-likeness (QED) is 0.689. The molecule has 0 bridgehead atoms. The summed E-state index contributed by atoms with van der Waals surface area (Å²) in [6.45, 7) is 0. The highest BCUT2D eigenvalue weighted by molar-refractivity contribution is 7.90. The summed E-state index contributed by atoms with van der Waals surface area (Å²) >= 11 is 0. The number of sulfone groups is 1. The Morgan fingerprint density at radius 2 is 1.71 bits per heavy atom. The SMILES string of the molecule is COc1nc(/C(=C/C2CCCC2)c2ccc(S(C)(=O)=O)cc2)ccc1C1CC1. The monoisotopic (exact) mass is 397 g/mol. The van der Waals surface area contributed by atoms with Crippen molar-refractivity contribution in [2.45, 2.75) is 49.3 Å². The van der Waals surface area contributed by atoms with Gasteiger partial charge in [-0.2, -0.15) is 0 Å². The van der Waals surface area contributed by atoms with Crippen molar-refractivity contribution in [1.29, 1.82) is 0 Å². The number of rotatable bonds is 6. The molecule has 0 atom stereocenters. The Morgan fingerprint density at radius 3 is 2.29 bits per heavy atom. The van der Waals surface area contributed by atoms with E-state index in [9.17, 15) is 8.42 Å². The van der Waals surface area contributed by atoms with Crippen LogP contribution < -0.4 is 4.74 Å². The van der Waals surface area contributed by atoms with Gasteiger partial charge in [-0.3, -0.25) is 0 Å². The zero-order valence-electron chi connectivity index (χ0n) is 16.5. The zero-order valence-corrected chi connectivity index (χ0v) is 17.3. The molecule has 0 N–H and O–H groups in total. The molecule has 28 heavy (non-hydrogen) atoms. The van der Waals surface area contributed by atoms with E-state index in [4.69, 9.17) is 9.72 Å². The van der Waals surface area contributed by atoms with Crippen LogP contribution in [-0.2, 0) is 9.84 Å². The first kappa shape index (κ1) is 19.2. The predicted octanol–water partition coefficient (Wildman–Crippen LogP) is 4.99. The fraction of sp³-hybridized carbons (Fsp3) is 0.435. The van der Waals surface area contributed by atoms with Gasteiger partial charge in [0.05, 0.1) is 17.7 Å². The van der Waals surface area contributed by atoms with Crippen LogP contribution in [0.1, 0.15) is 61.3 Å². The summed E-state index contributed by atoms with van der Waals surface area (Å²) in [6, 6.07) is 11.4. The van der Waals surface area contributed by atoms with Gasteiger partial charge in [0.15, 0.2) is 9.84 Å². The third-order valence-corrected chi connectivity index (χ3v) is 6.90. The molecule has 0 unspecified atom stereocenters. The maximum Gasteiger partial charge on any atom is 0.217 e. The van der Waals surface area contributed by atoms with Crippen molar-refractivity contribution in [3.8, 4) is 5.88 Å². The number of methoxy groups -OCH3 is 1. The molecule has 4 rings (SSSR count). The number of hydrogen-bond donors (Lipinski definition) is 0. The van der Waals surface area contributed by atoms with Crippen molar-refractivity contribution in [3.05, 3.63) is 59.3 Å². The summed E-state index contributed by atoms with van der Waals surface area (Å²) in [7, 11) is -1.53. The Kier molecular flexibility index (Phi) is 5.28. The second-order valence-corrected chi connectivity index (χ2v) is 10.0. The Labute approximate surface area is 167 Å². The lowest BCUT2D eigenvalue weighted by Gasteiger charge is -2.14. The van der Waals surface area contributed by atoms with Gasteiger partial charge in [0, 0.05) is 17.4 Å². The molecule has 0 spiro atoms. The van der Waals surface area contributed by atoms with E-state index in [-0.39, 0.29) is 0 Å². The van der Waals surface area contributed by atoms with Crippen LogP contribution in [0, 0.1) is 5.92 Å². The minimum absolute atomic E-state index is 0.339. The molecule has 1 aromatic carbocycles. The molecule has 0 saturated heterocycles. The molecule has 5 heteroatoms. The second kappa shape index (κ2) is 7.70. The molecule has 2 aromatic rings. The van der Waals surface area contributed by atoms with Gasteiger partial charge in [0.25, 0.3) is 0 Å². The molecular weight excluding hydrogens is 370 g/mol. The first-order chi connectivity index (χ1) is 13.5. The van der Waals surface area contributed by atoms with Crippen LogP contribution in [0.4, 0.5) is 0 Å². The zero-order chi connectivity index (χ0) is 19.7. The first-order valence-corrected chi connectivity index (χ1v) is 11.9. The number of nitrogens with zero attached hydrogens (tertiary/aromatic N) is 1. The summed E-state index contributed by atoms with van der Waals surface area (Å²) in [5.41, 5.74) is 4.14. The van der Waals surface area contributed by atoms with Crippen LogP contribution in [0.25, 0.3) is 5.57 Å². The van der Waals surface area contributed by atoms with E-state index in [2.05, 4.69) is 18.2 Å². The largest absolute Gasteiger partial charge is 0.481 e. The van der Waals surface area contributed by atoms with Crippen LogP contribution in [0.3, 0.4) is 0 Å². The van der Waals surface area contributed by atoms with E-state index in [1.54, 1.807) is 19.2 Å². The third kappa shape index (κ3) is 4.14. The molecule has 1 heterocycles. The summed E-state index contributed by atoms with van der Waals surface area (Å²) in [4.78, 5) is 5.17. The average Bonchev–Trinajstić information content (AvgIpc) is 3.41. The molecule has 2 aliphatic carbocycles. The van der Waals surface area contributed by atoms with Crippen LogP contribution in [-0.4, -0.2) is 26.8 Å². The normalized spacial score (nSPS) is 18.4. The van der Waals surface area contributed by atoms with Crippen LogP contribution in [0.15, 0.2) is 47.4 Å². The van der Waals surface area contributed by atoms with Crippen LogP contribution >= 0.6 is 0 Å². The van der Waals surface area contributed by atoms with Crippen LogP contribution in [0.2, 0.25) is 0 Å². The van der Waals surface area contributed by atoms with E-state index < -0.39 is 9.84 Å². The number of allylic oxidation sites excluding steroid dienone is 1. The van der Waals surface area contributed by atoms with Gasteiger partial charge in [-0.25, -0.2) is 13.4 Å². The molecule has 1 aromatic heterocycles. The summed E-state index contributed by atoms with van der Waals surface area (Å²) in [6.07, 6.45) is 10.9. The van der Waals surface area contributed by atoms with E-state index in [1.807, 2.05) is 12.1 Å². The molecule has 2 aliphatic rings. The molecule has 0 aliphatic heterocycles.